The molecule has 0 atom stereocenters. The summed E-state index contributed by atoms with van der Waals surface area (Å²) < 4.78 is 42.2. The van der Waals surface area contributed by atoms with Gasteiger partial charge in [-0.25, -0.2) is 8.42 Å². The van der Waals surface area contributed by atoms with Gasteiger partial charge in [-0.05, 0) is 29.8 Å². The number of methoxy groups -OCH3 is 2. The molecule has 0 radical (unpaired) electrons. The first-order valence-corrected chi connectivity index (χ1v) is 11.3. The first-order valence-electron chi connectivity index (χ1n) is 9.83. The molecule has 1 saturated heterocycles. The van der Waals surface area contributed by atoms with Crippen LogP contribution >= 0.6 is 0 Å². The van der Waals surface area contributed by atoms with Crippen LogP contribution in [0.5, 0.6) is 11.5 Å². The lowest BCUT2D eigenvalue weighted by atomic mass is 10.2. The van der Waals surface area contributed by atoms with E-state index in [9.17, 15) is 18.0 Å². The molecule has 0 bridgehead atoms. The van der Waals surface area contributed by atoms with Gasteiger partial charge >= 0.3 is 11.8 Å². The highest BCUT2D eigenvalue weighted by molar-refractivity contribution is 7.89. The van der Waals surface area contributed by atoms with Gasteiger partial charge in [0.05, 0.1) is 38.0 Å². The molecule has 0 aliphatic carbocycles. The van der Waals surface area contributed by atoms with E-state index in [1.807, 2.05) is 0 Å². The Balaban J connectivity index is 1.57. The van der Waals surface area contributed by atoms with Crippen LogP contribution in [0.3, 0.4) is 0 Å². The fourth-order valence-electron chi connectivity index (χ4n) is 3.06. The number of morpholine rings is 1. The summed E-state index contributed by atoms with van der Waals surface area (Å²) in [7, 11) is -0.646. The van der Waals surface area contributed by atoms with Crippen molar-refractivity contribution in [2.45, 2.75) is 11.4 Å². The van der Waals surface area contributed by atoms with Crippen molar-refractivity contribution in [1.29, 1.82) is 0 Å². The molecule has 0 saturated carbocycles. The van der Waals surface area contributed by atoms with Crippen molar-refractivity contribution in [3.05, 3.63) is 48.0 Å². The first kappa shape index (κ1) is 23.5. The summed E-state index contributed by atoms with van der Waals surface area (Å²) in [6.45, 7) is 1.42. The molecule has 1 heterocycles. The van der Waals surface area contributed by atoms with E-state index in [1.165, 1.54) is 30.7 Å². The normalized spacial score (nSPS) is 14.4. The smallest absolute Gasteiger partial charge is 0.313 e. The summed E-state index contributed by atoms with van der Waals surface area (Å²) in [5.41, 5.74) is 0.972. The van der Waals surface area contributed by atoms with E-state index in [1.54, 1.807) is 30.3 Å². The number of anilines is 1. The monoisotopic (exact) mass is 463 g/mol. The van der Waals surface area contributed by atoms with Gasteiger partial charge in [0.15, 0.2) is 0 Å². The third-order valence-electron chi connectivity index (χ3n) is 4.85. The van der Waals surface area contributed by atoms with Gasteiger partial charge < -0.3 is 24.8 Å². The molecule has 2 amide bonds. The largest absolute Gasteiger partial charge is 0.497 e. The van der Waals surface area contributed by atoms with Gasteiger partial charge in [-0.15, -0.1) is 0 Å². The molecule has 0 spiro atoms. The predicted octanol–water partition coefficient (Wildman–Crippen LogP) is 0.980. The number of nitrogens with one attached hydrogen (secondary N) is 2. The Morgan fingerprint density at radius 3 is 2.31 bits per heavy atom. The highest BCUT2D eigenvalue weighted by Gasteiger charge is 2.26. The molecular formula is C21H25N3O7S. The predicted molar refractivity (Wildman–Crippen MR) is 116 cm³/mol. The van der Waals surface area contributed by atoms with Gasteiger partial charge in [-0.3, -0.25) is 9.59 Å². The van der Waals surface area contributed by atoms with E-state index in [-0.39, 0.29) is 11.4 Å². The van der Waals surface area contributed by atoms with Crippen molar-refractivity contribution in [2.24, 2.45) is 0 Å². The summed E-state index contributed by atoms with van der Waals surface area (Å²) in [6, 6.07) is 10.9. The third kappa shape index (κ3) is 5.55. The minimum absolute atomic E-state index is 0.0594. The Labute approximate surface area is 186 Å². The van der Waals surface area contributed by atoms with E-state index in [2.05, 4.69) is 10.6 Å². The molecule has 0 unspecified atom stereocenters. The van der Waals surface area contributed by atoms with E-state index >= 15 is 0 Å². The van der Waals surface area contributed by atoms with Crippen LogP contribution in [-0.2, 0) is 30.9 Å². The summed E-state index contributed by atoms with van der Waals surface area (Å²) in [6.07, 6.45) is 0. The Kier molecular flexibility index (Phi) is 7.67. The number of carbonyl (C=O) groups is 2. The van der Waals surface area contributed by atoms with Crippen LogP contribution in [0.1, 0.15) is 5.56 Å². The zero-order valence-corrected chi connectivity index (χ0v) is 18.6. The van der Waals surface area contributed by atoms with Crippen LogP contribution in [0.15, 0.2) is 47.4 Å². The molecule has 2 aromatic rings. The lowest BCUT2D eigenvalue weighted by Gasteiger charge is -2.26. The van der Waals surface area contributed by atoms with Gasteiger partial charge in [0.2, 0.25) is 10.0 Å². The van der Waals surface area contributed by atoms with E-state index in [4.69, 9.17) is 14.2 Å². The average molecular weight is 464 g/mol. The van der Waals surface area contributed by atoms with Crippen LogP contribution in [0.4, 0.5) is 5.69 Å². The summed E-state index contributed by atoms with van der Waals surface area (Å²) in [5.74, 6) is -0.807. The van der Waals surface area contributed by atoms with E-state index in [0.717, 1.165) is 0 Å². The third-order valence-corrected chi connectivity index (χ3v) is 6.76. The fourth-order valence-corrected chi connectivity index (χ4v) is 4.47. The van der Waals surface area contributed by atoms with Gasteiger partial charge in [-0.2, -0.15) is 4.31 Å². The summed E-state index contributed by atoms with van der Waals surface area (Å²) >= 11 is 0. The maximum atomic E-state index is 12.6. The van der Waals surface area contributed by atoms with Crippen molar-refractivity contribution >= 4 is 27.5 Å². The highest BCUT2D eigenvalue weighted by atomic mass is 32.2. The standard InChI is InChI=1S/C21H25N3O7S/c1-29-16-5-8-18(19(13-16)30-2)23-21(26)20(25)22-14-15-3-6-17(7-4-15)32(27,28)24-9-11-31-12-10-24/h3-8,13H,9-12,14H2,1-2H3,(H,22,25)(H,23,26). The average Bonchev–Trinajstić information content (AvgIpc) is 2.83. The molecular weight excluding hydrogens is 438 g/mol. The number of benzene rings is 2. The molecule has 32 heavy (non-hydrogen) atoms. The maximum Gasteiger partial charge on any atom is 0.313 e. The lowest BCUT2D eigenvalue weighted by Crippen LogP contribution is -2.40. The molecule has 1 aliphatic heterocycles. The van der Waals surface area contributed by atoms with Gasteiger partial charge in [0, 0.05) is 25.7 Å². The first-order chi connectivity index (χ1) is 15.3. The Hall–Kier alpha value is -3.15. The number of hydrogen-bond donors (Lipinski definition) is 2. The molecule has 2 aromatic carbocycles. The van der Waals surface area contributed by atoms with Gasteiger partial charge in [0.25, 0.3) is 0 Å². The topological polar surface area (TPSA) is 123 Å². The van der Waals surface area contributed by atoms with Crippen molar-refractivity contribution in [1.82, 2.24) is 9.62 Å². The van der Waals surface area contributed by atoms with Crippen LogP contribution in [0.25, 0.3) is 0 Å². The SMILES string of the molecule is COc1ccc(NC(=O)C(=O)NCc2ccc(S(=O)(=O)N3CCOCC3)cc2)c(OC)c1. The Bertz CT molecular complexity index is 1070. The molecule has 1 aliphatic rings. The number of amides is 2. The molecule has 10 nitrogen and oxygen atoms in total. The number of nitrogens with zero attached hydrogens (tertiary/aromatic N) is 1. The Morgan fingerprint density at radius 2 is 1.69 bits per heavy atom. The minimum Gasteiger partial charge on any atom is -0.497 e. The zero-order chi connectivity index (χ0) is 23.1. The number of rotatable bonds is 7. The summed E-state index contributed by atoms with van der Waals surface area (Å²) in [5, 5.41) is 5.00. The molecule has 0 aromatic heterocycles. The number of sulfonamides is 1. The number of ether oxygens (including phenoxy) is 3. The van der Waals surface area contributed by atoms with Crippen LogP contribution in [0, 0.1) is 0 Å². The van der Waals surface area contributed by atoms with Crippen LogP contribution in [0.2, 0.25) is 0 Å². The maximum absolute atomic E-state index is 12.6. The molecule has 172 valence electrons. The van der Waals surface area contributed by atoms with Gasteiger partial charge in [0.1, 0.15) is 11.5 Å². The van der Waals surface area contributed by atoms with Crippen LogP contribution < -0.4 is 20.1 Å². The van der Waals surface area contributed by atoms with Crippen LogP contribution in [-0.4, -0.2) is 65.1 Å². The van der Waals surface area contributed by atoms with Crippen molar-refractivity contribution in [2.75, 3.05) is 45.8 Å². The minimum atomic E-state index is -3.59. The molecule has 11 heteroatoms. The lowest BCUT2D eigenvalue weighted by molar-refractivity contribution is -0.136. The molecule has 2 N–H and O–H groups in total. The highest BCUT2D eigenvalue weighted by Crippen LogP contribution is 2.28. The number of carbonyl (C=O) groups excluding carboxylic acids is 2. The van der Waals surface area contributed by atoms with Crippen molar-refractivity contribution in [3.8, 4) is 11.5 Å². The van der Waals surface area contributed by atoms with E-state index < -0.39 is 21.8 Å². The summed E-state index contributed by atoms with van der Waals surface area (Å²) in [4.78, 5) is 24.6. The number of hydrogen-bond acceptors (Lipinski definition) is 7. The van der Waals surface area contributed by atoms with Crippen molar-refractivity contribution < 1.29 is 32.2 Å². The molecule has 1 fully saturated rings. The second-order valence-electron chi connectivity index (χ2n) is 6.86. The molecule has 3 rings (SSSR count). The second kappa shape index (κ2) is 10.4. The second-order valence-corrected chi connectivity index (χ2v) is 8.80. The van der Waals surface area contributed by atoms with E-state index in [0.29, 0.717) is 49.1 Å². The van der Waals surface area contributed by atoms with Gasteiger partial charge in [-0.1, -0.05) is 12.1 Å². The quantitative estimate of drug-likeness (QED) is 0.587. The fraction of sp³-hybridized carbons (Fsp3) is 0.333. The Morgan fingerprint density at radius 1 is 1.00 bits per heavy atom. The van der Waals surface area contributed by atoms with Crippen molar-refractivity contribution in [3.63, 3.8) is 0 Å². The zero-order valence-electron chi connectivity index (χ0n) is 17.8.